The third-order valence-corrected chi connectivity index (χ3v) is 1.83. The number of nitrogens with one attached hydrogen (secondary N) is 1. The SMILES string of the molecule is CCCCCNCCCOCCO. The first-order valence-electron chi connectivity index (χ1n) is 5.31. The molecule has 0 radical (unpaired) electrons. The van der Waals surface area contributed by atoms with Gasteiger partial charge in [-0.3, -0.25) is 0 Å². The fraction of sp³-hybridized carbons (Fsp3) is 1.00. The molecule has 0 amide bonds. The quantitative estimate of drug-likeness (QED) is 0.507. The zero-order valence-corrected chi connectivity index (χ0v) is 8.72. The number of unbranched alkanes of at least 4 members (excludes halogenated alkanes) is 2. The molecule has 80 valence electrons. The van der Waals surface area contributed by atoms with Gasteiger partial charge in [-0.25, -0.2) is 0 Å². The van der Waals surface area contributed by atoms with Gasteiger partial charge < -0.3 is 15.2 Å². The van der Waals surface area contributed by atoms with Crippen LogP contribution in [0.25, 0.3) is 0 Å². The van der Waals surface area contributed by atoms with Crippen molar-refractivity contribution >= 4 is 0 Å². The summed E-state index contributed by atoms with van der Waals surface area (Å²) in [5.74, 6) is 0. The minimum Gasteiger partial charge on any atom is -0.394 e. The van der Waals surface area contributed by atoms with Crippen LogP contribution in [-0.2, 0) is 4.74 Å². The maximum Gasteiger partial charge on any atom is 0.0697 e. The number of rotatable bonds is 10. The van der Waals surface area contributed by atoms with Gasteiger partial charge in [0.25, 0.3) is 0 Å². The number of hydrogen-bond donors (Lipinski definition) is 2. The summed E-state index contributed by atoms with van der Waals surface area (Å²) >= 11 is 0. The lowest BCUT2D eigenvalue weighted by molar-refractivity contribution is 0.0907. The minimum atomic E-state index is 0.129. The van der Waals surface area contributed by atoms with Gasteiger partial charge in [-0.1, -0.05) is 19.8 Å². The lowest BCUT2D eigenvalue weighted by atomic mass is 10.2. The first-order valence-corrected chi connectivity index (χ1v) is 5.31. The number of hydrogen-bond acceptors (Lipinski definition) is 3. The molecule has 0 aliphatic heterocycles. The summed E-state index contributed by atoms with van der Waals surface area (Å²) in [4.78, 5) is 0. The molecule has 0 aliphatic rings. The van der Waals surface area contributed by atoms with Gasteiger partial charge in [-0.05, 0) is 25.9 Å². The average Bonchev–Trinajstić information content (AvgIpc) is 2.16. The summed E-state index contributed by atoms with van der Waals surface area (Å²) in [7, 11) is 0. The summed E-state index contributed by atoms with van der Waals surface area (Å²) in [5.41, 5.74) is 0. The average molecular weight is 189 g/mol. The molecule has 0 aromatic carbocycles. The van der Waals surface area contributed by atoms with Gasteiger partial charge in [0.05, 0.1) is 13.2 Å². The summed E-state index contributed by atoms with van der Waals surface area (Å²) in [5, 5.41) is 11.8. The third-order valence-electron chi connectivity index (χ3n) is 1.83. The molecule has 0 aromatic rings. The maximum atomic E-state index is 8.43. The van der Waals surface area contributed by atoms with Crippen molar-refractivity contribution in [1.29, 1.82) is 0 Å². The van der Waals surface area contributed by atoms with E-state index in [0.717, 1.165) is 26.1 Å². The molecule has 0 rings (SSSR count). The molecule has 0 fully saturated rings. The standard InChI is InChI=1S/C10H23NO2/c1-2-3-4-6-11-7-5-9-13-10-8-12/h11-12H,2-10H2,1H3. The van der Waals surface area contributed by atoms with Gasteiger partial charge >= 0.3 is 0 Å². The van der Waals surface area contributed by atoms with Crippen molar-refractivity contribution in [3.05, 3.63) is 0 Å². The Hall–Kier alpha value is -0.120. The summed E-state index contributed by atoms with van der Waals surface area (Å²) in [6.45, 7) is 5.70. The highest BCUT2D eigenvalue weighted by atomic mass is 16.5. The second-order valence-electron chi connectivity index (χ2n) is 3.15. The smallest absolute Gasteiger partial charge is 0.0697 e. The van der Waals surface area contributed by atoms with Gasteiger partial charge in [-0.2, -0.15) is 0 Å². The van der Waals surface area contributed by atoms with Crippen LogP contribution in [0.15, 0.2) is 0 Å². The summed E-state index contributed by atoms with van der Waals surface area (Å²) in [6.07, 6.45) is 4.90. The van der Waals surface area contributed by atoms with E-state index in [2.05, 4.69) is 12.2 Å². The second kappa shape index (κ2) is 11.9. The predicted molar refractivity (Wildman–Crippen MR) is 54.9 cm³/mol. The van der Waals surface area contributed by atoms with Crippen LogP contribution in [0.2, 0.25) is 0 Å². The lowest BCUT2D eigenvalue weighted by Crippen LogP contribution is -2.18. The Bertz CT molecular complexity index is 79.0. The van der Waals surface area contributed by atoms with Gasteiger partial charge in [-0.15, -0.1) is 0 Å². The third kappa shape index (κ3) is 11.9. The van der Waals surface area contributed by atoms with Crippen LogP contribution in [0.3, 0.4) is 0 Å². The van der Waals surface area contributed by atoms with Crippen LogP contribution in [-0.4, -0.2) is 38.0 Å². The topological polar surface area (TPSA) is 41.5 Å². The second-order valence-corrected chi connectivity index (χ2v) is 3.15. The van der Waals surface area contributed by atoms with Crippen LogP contribution in [0.5, 0.6) is 0 Å². The molecular formula is C10H23NO2. The van der Waals surface area contributed by atoms with Gasteiger partial charge in [0.15, 0.2) is 0 Å². The van der Waals surface area contributed by atoms with E-state index < -0.39 is 0 Å². The molecule has 2 N–H and O–H groups in total. The number of aliphatic hydroxyl groups excluding tert-OH is 1. The number of ether oxygens (including phenoxy) is 1. The highest BCUT2D eigenvalue weighted by Crippen LogP contribution is 1.91. The molecule has 3 heteroatoms. The lowest BCUT2D eigenvalue weighted by Gasteiger charge is -2.04. The van der Waals surface area contributed by atoms with Crippen molar-refractivity contribution in [1.82, 2.24) is 5.32 Å². The fourth-order valence-corrected chi connectivity index (χ4v) is 1.09. The van der Waals surface area contributed by atoms with Crippen LogP contribution >= 0.6 is 0 Å². The Morgan fingerprint density at radius 3 is 2.54 bits per heavy atom. The highest BCUT2D eigenvalue weighted by Gasteiger charge is 1.89. The largest absolute Gasteiger partial charge is 0.394 e. The Morgan fingerprint density at radius 2 is 1.85 bits per heavy atom. The monoisotopic (exact) mass is 189 g/mol. The molecule has 3 nitrogen and oxygen atoms in total. The molecular weight excluding hydrogens is 166 g/mol. The predicted octanol–water partition coefficient (Wildman–Crippen LogP) is 1.17. The first kappa shape index (κ1) is 12.9. The fourth-order valence-electron chi connectivity index (χ4n) is 1.09. The van der Waals surface area contributed by atoms with E-state index in [1.807, 2.05) is 0 Å². The zero-order chi connectivity index (χ0) is 9.78. The molecule has 0 aliphatic carbocycles. The zero-order valence-electron chi connectivity index (χ0n) is 8.72. The Balaban J connectivity index is 2.76. The summed E-state index contributed by atoms with van der Waals surface area (Å²) < 4.78 is 5.12. The van der Waals surface area contributed by atoms with E-state index in [4.69, 9.17) is 9.84 Å². The normalized spacial score (nSPS) is 10.6. The molecule has 0 saturated carbocycles. The Labute approximate surface area is 81.5 Å². The van der Waals surface area contributed by atoms with Gasteiger partial charge in [0.1, 0.15) is 0 Å². The molecule has 0 spiro atoms. The molecule has 0 saturated heterocycles. The van der Waals surface area contributed by atoms with E-state index in [-0.39, 0.29) is 6.61 Å². The first-order chi connectivity index (χ1) is 6.41. The van der Waals surface area contributed by atoms with Crippen molar-refractivity contribution < 1.29 is 9.84 Å². The summed E-state index contributed by atoms with van der Waals surface area (Å²) in [6, 6.07) is 0. The molecule has 0 atom stereocenters. The van der Waals surface area contributed by atoms with Crippen molar-refractivity contribution in [2.75, 3.05) is 32.9 Å². The Morgan fingerprint density at radius 1 is 1.08 bits per heavy atom. The highest BCUT2D eigenvalue weighted by molar-refractivity contribution is 4.47. The maximum absolute atomic E-state index is 8.43. The molecule has 13 heavy (non-hydrogen) atoms. The van der Waals surface area contributed by atoms with E-state index in [9.17, 15) is 0 Å². The molecule has 0 aromatic heterocycles. The molecule has 0 bridgehead atoms. The molecule has 0 heterocycles. The van der Waals surface area contributed by atoms with Crippen LogP contribution in [0.4, 0.5) is 0 Å². The van der Waals surface area contributed by atoms with Crippen LogP contribution in [0.1, 0.15) is 32.6 Å². The van der Waals surface area contributed by atoms with E-state index in [1.165, 1.54) is 19.3 Å². The van der Waals surface area contributed by atoms with Gasteiger partial charge in [0, 0.05) is 6.61 Å². The van der Waals surface area contributed by atoms with Crippen molar-refractivity contribution in [3.8, 4) is 0 Å². The van der Waals surface area contributed by atoms with Crippen molar-refractivity contribution in [3.63, 3.8) is 0 Å². The number of aliphatic hydroxyl groups is 1. The van der Waals surface area contributed by atoms with Gasteiger partial charge in [0.2, 0.25) is 0 Å². The van der Waals surface area contributed by atoms with E-state index >= 15 is 0 Å². The van der Waals surface area contributed by atoms with Crippen molar-refractivity contribution in [2.24, 2.45) is 0 Å². The minimum absolute atomic E-state index is 0.129. The van der Waals surface area contributed by atoms with Crippen LogP contribution in [0, 0.1) is 0 Å². The Kier molecular flexibility index (Phi) is 11.8. The van der Waals surface area contributed by atoms with E-state index in [0.29, 0.717) is 6.61 Å². The van der Waals surface area contributed by atoms with Crippen LogP contribution < -0.4 is 5.32 Å². The molecule has 0 unspecified atom stereocenters. The van der Waals surface area contributed by atoms with Crippen molar-refractivity contribution in [2.45, 2.75) is 32.6 Å². The van der Waals surface area contributed by atoms with E-state index in [1.54, 1.807) is 0 Å².